The fourth-order valence-corrected chi connectivity index (χ4v) is 3.89. The molecule has 0 aromatic heterocycles. The molecule has 0 bridgehead atoms. The molecule has 80 valence electrons. The van der Waals surface area contributed by atoms with Crippen LogP contribution in [0.2, 0.25) is 0 Å². The molecule has 0 N–H and O–H groups in total. The summed E-state index contributed by atoms with van der Waals surface area (Å²) in [6.45, 7) is 4.22. The molecule has 0 aliphatic heterocycles. The first-order valence-corrected chi connectivity index (χ1v) is 8.65. The molecule has 0 radical (unpaired) electrons. The lowest BCUT2D eigenvalue weighted by molar-refractivity contribution is 0.316. The molecule has 0 saturated carbocycles. The van der Waals surface area contributed by atoms with Gasteiger partial charge in [0.25, 0.3) is 6.57 Å². The van der Waals surface area contributed by atoms with Crippen LogP contribution in [0, 0.1) is 0 Å². The average molecular weight is 224 g/mol. The van der Waals surface area contributed by atoms with Crippen molar-refractivity contribution in [2.45, 2.75) is 39.5 Å². The second-order valence-corrected chi connectivity index (χ2v) is 8.48. The quantitative estimate of drug-likeness (QED) is 0.457. The molecule has 4 heteroatoms. The van der Waals surface area contributed by atoms with Crippen molar-refractivity contribution >= 4 is 18.0 Å². The molecule has 0 rings (SSSR count). The van der Waals surface area contributed by atoms with Gasteiger partial charge in [0.2, 0.25) is 0 Å². The zero-order valence-electron chi connectivity index (χ0n) is 8.91. The van der Waals surface area contributed by atoms with Crippen LogP contribution in [0.4, 0.5) is 0 Å². The molecule has 0 aromatic rings. The molecule has 1 unspecified atom stereocenters. The predicted octanol–water partition coefficient (Wildman–Crippen LogP) is 4.16. The molecule has 2 nitrogen and oxygen atoms in total. The van der Waals surface area contributed by atoms with Crippen LogP contribution in [0.5, 0.6) is 0 Å². The highest BCUT2D eigenvalue weighted by Crippen LogP contribution is 2.55. The highest BCUT2D eigenvalue weighted by Gasteiger charge is 2.14. The van der Waals surface area contributed by atoms with E-state index in [1.54, 1.807) is 6.66 Å². The van der Waals surface area contributed by atoms with Crippen LogP contribution in [-0.2, 0) is 9.09 Å². The summed E-state index contributed by atoms with van der Waals surface area (Å²) in [4.78, 5) is 0. The molecule has 0 fully saturated rings. The van der Waals surface area contributed by atoms with Crippen molar-refractivity contribution in [1.29, 1.82) is 0 Å². The minimum atomic E-state index is -2.32. The van der Waals surface area contributed by atoms with E-state index >= 15 is 0 Å². The highest BCUT2D eigenvalue weighted by atomic mass is 32.7. The van der Waals surface area contributed by atoms with E-state index in [2.05, 4.69) is 6.92 Å². The van der Waals surface area contributed by atoms with Gasteiger partial charge in [0.15, 0.2) is 0 Å². The second kappa shape index (κ2) is 7.90. The van der Waals surface area contributed by atoms with Gasteiger partial charge < -0.3 is 4.52 Å². The summed E-state index contributed by atoms with van der Waals surface area (Å²) in [6.07, 6.45) is 4.70. The van der Waals surface area contributed by atoms with Crippen molar-refractivity contribution in [2.24, 2.45) is 0 Å². The van der Waals surface area contributed by atoms with Crippen LogP contribution in [0.3, 0.4) is 0 Å². The van der Waals surface area contributed by atoms with E-state index in [-0.39, 0.29) is 0 Å². The number of unbranched alkanes of at least 4 members (excludes halogenated alkanes) is 3. The molecule has 0 saturated heterocycles. The Balaban J connectivity index is 3.35. The van der Waals surface area contributed by atoms with Gasteiger partial charge in [-0.15, -0.1) is 0 Å². The molecule has 0 aliphatic rings. The van der Waals surface area contributed by atoms with E-state index in [0.717, 1.165) is 12.2 Å². The van der Waals surface area contributed by atoms with Gasteiger partial charge in [0, 0.05) is 6.66 Å². The Bertz CT molecular complexity index is 162. The summed E-state index contributed by atoms with van der Waals surface area (Å²) < 4.78 is 16.9. The SMILES string of the molecule is CCCCCCOP(C)(=O)SCC. The minimum absolute atomic E-state index is 0.654. The third-order valence-corrected chi connectivity index (χ3v) is 5.56. The van der Waals surface area contributed by atoms with Crippen molar-refractivity contribution < 1.29 is 9.09 Å². The Morgan fingerprint density at radius 3 is 2.46 bits per heavy atom. The van der Waals surface area contributed by atoms with Gasteiger partial charge in [-0.3, -0.25) is 4.57 Å². The summed E-state index contributed by atoms with van der Waals surface area (Å²) in [6, 6.07) is 0. The smallest absolute Gasteiger partial charge is 0.254 e. The van der Waals surface area contributed by atoms with E-state index in [9.17, 15) is 4.57 Å². The van der Waals surface area contributed by atoms with Crippen LogP contribution in [-0.4, -0.2) is 19.0 Å². The Morgan fingerprint density at radius 1 is 1.23 bits per heavy atom. The van der Waals surface area contributed by atoms with Crippen LogP contribution >= 0.6 is 18.0 Å². The van der Waals surface area contributed by atoms with E-state index in [1.165, 1.54) is 30.6 Å². The summed E-state index contributed by atoms with van der Waals surface area (Å²) >= 11 is 1.43. The van der Waals surface area contributed by atoms with Gasteiger partial charge in [0.05, 0.1) is 6.61 Å². The molecule has 1 atom stereocenters. The highest BCUT2D eigenvalue weighted by molar-refractivity contribution is 8.56. The summed E-state index contributed by atoms with van der Waals surface area (Å²) in [5, 5.41) is 0. The average Bonchev–Trinajstić information content (AvgIpc) is 2.04. The number of rotatable bonds is 8. The first-order valence-electron chi connectivity index (χ1n) is 4.99. The van der Waals surface area contributed by atoms with Gasteiger partial charge in [-0.1, -0.05) is 44.5 Å². The van der Waals surface area contributed by atoms with E-state index in [0.29, 0.717) is 6.61 Å². The Morgan fingerprint density at radius 2 is 1.92 bits per heavy atom. The first-order chi connectivity index (χ1) is 6.12. The van der Waals surface area contributed by atoms with E-state index in [1.807, 2.05) is 6.92 Å². The standard InChI is InChI=1S/C9H21O2PS/c1-4-6-7-8-9-11-12(3,10)13-5-2/h4-9H2,1-3H3. The molecule has 0 spiro atoms. The van der Waals surface area contributed by atoms with Crippen molar-refractivity contribution in [3.05, 3.63) is 0 Å². The molecule has 13 heavy (non-hydrogen) atoms. The minimum Gasteiger partial charge on any atom is -0.321 e. The Labute approximate surface area is 86.0 Å². The lowest BCUT2D eigenvalue weighted by Gasteiger charge is -2.11. The van der Waals surface area contributed by atoms with Crippen LogP contribution in [0.25, 0.3) is 0 Å². The monoisotopic (exact) mass is 224 g/mol. The summed E-state index contributed by atoms with van der Waals surface area (Å²) in [5.74, 6) is 0.864. The fraction of sp³-hybridized carbons (Fsp3) is 1.00. The summed E-state index contributed by atoms with van der Waals surface area (Å²) in [5.41, 5.74) is 0. The zero-order chi connectivity index (χ0) is 10.2. The number of hydrogen-bond donors (Lipinski definition) is 0. The lowest BCUT2D eigenvalue weighted by atomic mass is 10.2. The Kier molecular flexibility index (Phi) is 8.23. The van der Waals surface area contributed by atoms with Crippen molar-refractivity contribution in [3.63, 3.8) is 0 Å². The van der Waals surface area contributed by atoms with Crippen molar-refractivity contribution in [1.82, 2.24) is 0 Å². The normalized spacial score (nSPS) is 15.6. The number of hydrogen-bond acceptors (Lipinski definition) is 3. The third-order valence-electron chi connectivity index (χ3n) is 1.69. The summed E-state index contributed by atoms with van der Waals surface area (Å²) in [7, 11) is 0. The second-order valence-electron chi connectivity index (χ2n) is 3.08. The maximum atomic E-state index is 11.6. The molecular weight excluding hydrogens is 203 g/mol. The van der Waals surface area contributed by atoms with Crippen LogP contribution in [0.1, 0.15) is 39.5 Å². The maximum absolute atomic E-state index is 11.6. The van der Waals surface area contributed by atoms with Gasteiger partial charge in [-0.2, -0.15) is 0 Å². The molecular formula is C9H21O2PS. The van der Waals surface area contributed by atoms with Gasteiger partial charge in [-0.25, -0.2) is 0 Å². The fourth-order valence-electron chi connectivity index (χ4n) is 1.03. The molecule has 0 amide bonds. The van der Waals surface area contributed by atoms with Gasteiger partial charge in [-0.05, 0) is 12.2 Å². The maximum Gasteiger partial charge on any atom is 0.254 e. The van der Waals surface area contributed by atoms with Crippen LogP contribution in [0.15, 0.2) is 0 Å². The largest absolute Gasteiger partial charge is 0.321 e. The molecule has 0 heterocycles. The van der Waals surface area contributed by atoms with E-state index in [4.69, 9.17) is 4.52 Å². The van der Waals surface area contributed by atoms with E-state index < -0.39 is 6.57 Å². The first kappa shape index (κ1) is 13.5. The Hall–Kier alpha value is 0.540. The molecule has 0 aromatic carbocycles. The topological polar surface area (TPSA) is 26.3 Å². The van der Waals surface area contributed by atoms with Crippen LogP contribution < -0.4 is 0 Å². The predicted molar refractivity (Wildman–Crippen MR) is 61.8 cm³/mol. The zero-order valence-corrected chi connectivity index (χ0v) is 10.6. The lowest BCUT2D eigenvalue weighted by Crippen LogP contribution is -1.90. The molecule has 0 aliphatic carbocycles. The third kappa shape index (κ3) is 8.86. The van der Waals surface area contributed by atoms with Gasteiger partial charge >= 0.3 is 0 Å². The van der Waals surface area contributed by atoms with Crippen molar-refractivity contribution in [2.75, 3.05) is 19.0 Å². The van der Waals surface area contributed by atoms with Crippen molar-refractivity contribution in [3.8, 4) is 0 Å². The van der Waals surface area contributed by atoms with Gasteiger partial charge in [0.1, 0.15) is 0 Å².